The molecule has 124 valence electrons. The molecule has 3 rings (SSSR count). The fraction of sp³-hybridized carbons (Fsp3) is 0.600. The molecular weight excluding hydrogens is 284 g/mol. The van der Waals surface area contributed by atoms with Crippen LogP contribution in [0.5, 0.6) is 0 Å². The maximum Gasteiger partial charge on any atom is 0.222 e. The van der Waals surface area contributed by atoms with Crippen molar-refractivity contribution in [1.29, 1.82) is 0 Å². The molecule has 0 radical (unpaired) electrons. The van der Waals surface area contributed by atoms with E-state index < -0.39 is 0 Å². The number of hydrogen-bond donors (Lipinski definition) is 0. The number of hydrogen-bond acceptors (Lipinski definition) is 2. The van der Waals surface area contributed by atoms with Gasteiger partial charge in [-0.2, -0.15) is 0 Å². The van der Waals surface area contributed by atoms with Crippen molar-refractivity contribution in [2.24, 2.45) is 23.7 Å². The van der Waals surface area contributed by atoms with Gasteiger partial charge in [0.05, 0.1) is 0 Å². The van der Waals surface area contributed by atoms with Crippen LogP contribution in [0.25, 0.3) is 0 Å². The quantitative estimate of drug-likeness (QED) is 0.719. The first kappa shape index (κ1) is 16.2. The van der Waals surface area contributed by atoms with Crippen molar-refractivity contribution in [1.82, 2.24) is 9.88 Å². The minimum Gasteiger partial charge on any atom is -0.342 e. The van der Waals surface area contributed by atoms with E-state index >= 15 is 0 Å². The molecule has 1 aromatic heterocycles. The van der Waals surface area contributed by atoms with Gasteiger partial charge in [0.15, 0.2) is 0 Å². The van der Waals surface area contributed by atoms with Crippen molar-refractivity contribution >= 4 is 5.91 Å². The molecule has 1 heterocycles. The molecule has 3 atom stereocenters. The number of carbonyl (C=O) groups is 1. The molecule has 3 unspecified atom stereocenters. The fourth-order valence-corrected chi connectivity index (χ4v) is 3.98. The average Bonchev–Trinajstić information content (AvgIpc) is 3.14. The Kier molecular flexibility index (Phi) is 5.14. The maximum absolute atomic E-state index is 12.7. The summed E-state index contributed by atoms with van der Waals surface area (Å²) < 4.78 is 0. The van der Waals surface area contributed by atoms with Gasteiger partial charge in [0.1, 0.15) is 0 Å². The normalized spacial score (nSPS) is 25.3. The lowest BCUT2D eigenvalue weighted by Gasteiger charge is -2.29. The van der Waals surface area contributed by atoms with Crippen molar-refractivity contribution in [3.8, 4) is 0 Å². The van der Waals surface area contributed by atoms with E-state index in [1.54, 1.807) is 0 Å². The van der Waals surface area contributed by atoms with Crippen LogP contribution in [-0.4, -0.2) is 28.9 Å². The zero-order valence-electron chi connectivity index (χ0n) is 14.3. The summed E-state index contributed by atoms with van der Waals surface area (Å²) in [7, 11) is 0. The lowest BCUT2D eigenvalue weighted by Crippen LogP contribution is -2.38. The summed E-state index contributed by atoms with van der Waals surface area (Å²) in [6.45, 7) is 5.95. The Morgan fingerprint density at radius 3 is 2.78 bits per heavy atom. The third kappa shape index (κ3) is 4.21. The number of fused-ring (bicyclic) bond motifs is 2. The number of pyridine rings is 1. The minimum atomic E-state index is 0.308. The molecule has 1 fully saturated rings. The summed E-state index contributed by atoms with van der Waals surface area (Å²) in [4.78, 5) is 19.2. The van der Waals surface area contributed by atoms with Gasteiger partial charge < -0.3 is 4.90 Å². The molecule has 3 heteroatoms. The summed E-state index contributed by atoms with van der Waals surface area (Å²) in [5.74, 6) is 2.85. The maximum atomic E-state index is 12.7. The number of amides is 1. The summed E-state index contributed by atoms with van der Waals surface area (Å²) in [6.07, 6.45) is 10.6. The molecule has 2 aliphatic carbocycles. The Morgan fingerprint density at radius 1 is 1.30 bits per heavy atom. The summed E-state index contributed by atoms with van der Waals surface area (Å²) in [5, 5.41) is 0. The molecule has 1 aromatic rings. The Balaban J connectivity index is 1.61. The number of aromatic nitrogens is 1. The van der Waals surface area contributed by atoms with E-state index in [-0.39, 0.29) is 0 Å². The van der Waals surface area contributed by atoms with Crippen molar-refractivity contribution in [3.63, 3.8) is 0 Å². The average molecular weight is 312 g/mol. The number of nitrogens with zero attached hydrogens (tertiary/aromatic N) is 2. The Hall–Kier alpha value is -1.64. The van der Waals surface area contributed by atoms with E-state index in [4.69, 9.17) is 0 Å². The van der Waals surface area contributed by atoms with Crippen LogP contribution in [0.1, 0.15) is 38.8 Å². The number of rotatable bonds is 7. The largest absolute Gasteiger partial charge is 0.342 e. The first-order valence-corrected chi connectivity index (χ1v) is 8.98. The second-order valence-corrected chi connectivity index (χ2v) is 7.55. The molecular formula is C20H28N2O. The monoisotopic (exact) mass is 312 g/mol. The highest BCUT2D eigenvalue weighted by Gasteiger charge is 2.37. The van der Waals surface area contributed by atoms with Crippen molar-refractivity contribution in [3.05, 3.63) is 42.2 Å². The second-order valence-electron chi connectivity index (χ2n) is 7.55. The predicted molar refractivity (Wildman–Crippen MR) is 92.8 cm³/mol. The standard InChI is InChI=1S/C20H28N2O/c1-15(2)11-20(23)22(10-8-19-5-3-4-9-21-19)14-18-13-16-6-7-17(18)12-16/h3-7,9,15-18H,8,10-14H2,1-2H3. The lowest BCUT2D eigenvalue weighted by molar-refractivity contribution is -0.132. The highest BCUT2D eigenvalue weighted by atomic mass is 16.2. The Labute approximate surface area is 139 Å². The third-order valence-electron chi connectivity index (χ3n) is 5.17. The molecule has 0 N–H and O–H groups in total. The highest BCUT2D eigenvalue weighted by Crippen LogP contribution is 2.43. The van der Waals surface area contributed by atoms with E-state index in [1.165, 1.54) is 12.8 Å². The summed E-state index contributed by atoms with van der Waals surface area (Å²) in [6, 6.07) is 6.00. The van der Waals surface area contributed by atoms with Gasteiger partial charge >= 0.3 is 0 Å². The summed E-state index contributed by atoms with van der Waals surface area (Å²) in [5.41, 5.74) is 1.07. The van der Waals surface area contributed by atoms with Crippen LogP contribution < -0.4 is 0 Å². The van der Waals surface area contributed by atoms with Crippen LogP contribution in [0, 0.1) is 23.7 Å². The summed E-state index contributed by atoms with van der Waals surface area (Å²) >= 11 is 0. The van der Waals surface area contributed by atoms with Crippen LogP contribution >= 0.6 is 0 Å². The highest BCUT2D eigenvalue weighted by molar-refractivity contribution is 5.76. The van der Waals surface area contributed by atoms with Crippen LogP contribution in [0.15, 0.2) is 36.5 Å². The van der Waals surface area contributed by atoms with Gasteiger partial charge in [0, 0.05) is 37.8 Å². The molecule has 1 saturated carbocycles. The molecule has 23 heavy (non-hydrogen) atoms. The Morgan fingerprint density at radius 2 is 2.17 bits per heavy atom. The zero-order valence-corrected chi connectivity index (χ0v) is 14.3. The van der Waals surface area contributed by atoms with Crippen molar-refractivity contribution in [2.75, 3.05) is 13.1 Å². The van der Waals surface area contributed by atoms with E-state index in [9.17, 15) is 4.79 Å². The molecule has 2 aliphatic rings. The molecule has 2 bridgehead atoms. The minimum absolute atomic E-state index is 0.308. The van der Waals surface area contributed by atoms with Gasteiger partial charge in [0.2, 0.25) is 5.91 Å². The van der Waals surface area contributed by atoms with Gasteiger partial charge in [-0.15, -0.1) is 0 Å². The fourth-order valence-electron chi connectivity index (χ4n) is 3.98. The topological polar surface area (TPSA) is 33.2 Å². The van der Waals surface area contributed by atoms with Crippen LogP contribution in [0.4, 0.5) is 0 Å². The molecule has 0 aromatic carbocycles. The first-order chi connectivity index (χ1) is 11.1. The molecule has 0 spiro atoms. The molecule has 0 saturated heterocycles. The molecule has 3 nitrogen and oxygen atoms in total. The van der Waals surface area contributed by atoms with Crippen molar-refractivity contribution < 1.29 is 4.79 Å². The zero-order chi connectivity index (χ0) is 16.2. The number of allylic oxidation sites excluding steroid dienone is 2. The van der Waals surface area contributed by atoms with E-state index in [0.717, 1.165) is 31.1 Å². The van der Waals surface area contributed by atoms with E-state index in [0.29, 0.717) is 30.1 Å². The first-order valence-electron chi connectivity index (χ1n) is 8.98. The molecule has 1 amide bonds. The van der Waals surface area contributed by atoms with Gasteiger partial charge in [-0.25, -0.2) is 0 Å². The van der Waals surface area contributed by atoms with Gasteiger partial charge in [0.25, 0.3) is 0 Å². The van der Waals surface area contributed by atoms with Crippen LogP contribution in [0.2, 0.25) is 0 Å². The second kappa shape index (κ2) is 7.29. The number of carbonyl (C=O) groups excluding carboxylic acids is 1. The lowest BCUT2D eigenvalue weighted by atomic mass is 9.92. The smallest absolute Gasteiger partial charge is 0.222 e. The SMILES string of the molecule is CC(C)CC(=O)N(CCc1ccccn1)CC1CC2C=CC1C2. The Bertz CT molecular complexity index is 552. The van der Waals surface area contributed by atoms with Gasteiger partial charge in [-0.3, -0.25) is 9.78 Å². The van der Waals surface area contributed by atoms with E-state index in [2.05, 4.69) is 35.9 Å². The van der Waals surface area contributed by atoms with Crippen molar-refractivity contribution in [2.45, 2.75) is 39.5 Å². The van der Waals surface area contributed by atoms with E-state index in [1.807, 2.05) is 24.4 Å². The van der Waals surface area contributed by atoms with Gasteiger partial charge in [-0.1, -0.05) is 32.1 Å². The molecule has 0 aliphatic heterocycles. The van der Waals surface area contributed by atoms with Crippen LogP contribution in [0.3, 0.4) is 0 Å². The predicted octanol–water partition coefficient (Wildman–Crippen LogP) is 3.71. The van der Waals surface area contributed by atoms with Gasteiger partial charge in [-0.05, 0) is 48.6 Å². The third-order valence-corrected chi connectivity index (χ3v) is 5.17. The van der Waals surface area contributed by atoms with Crippen LogP contribution in [-0.2, 0) is 11.2 Å².